The van der Waals surface area contributed by atoms with E-state index >= 15 is 0 Å². The van der Waals surface area contributed by atoms with Gasteiger partial charge in [-0.2, -0.15) is 0 Å². The highest BCUT2D eigenvalue weighted by atomic mass is 16.9. The maximum atomic E-state index is 8.86. The van der Waals surface area contributed by atoms with E-state index in [9.17, 15) is 0 Å². The van der Waals surface area contributed by atoms with Crippen LogP contribution in [0.3, 0.4) is 0 Å². The average molecular weight is 166 g/mol. The quantitative estimate of drug-likeness (QED) is 0.302. The first-order valence-corrected chi connectivity index (χ1v) is 3.05. The van der Waals surface area contributed by atoms with Crippen molar-refractivity contribution >= 4 is 0 Å². The third kappa shape index (κ3) is 1.86. The minimum atomic E-state index is -2.45. The number of hydrogen-bond donors (Lipinski definition) is 4. The molecule has 4 N–H and O–H groups in total. The standard InChI is InChI=1S/C5H10O6/c1-3-5(8,9)10-2-4(6,7)11-3/h3,6-9H,2H2,1H3. The molecular weight excluding hydrogens is 156 g/mol. The van der Waals surface area contributed by atoms with Crippen LogP contribution in [-0.2, 0) is 9.47 Å². The van der Waals surface area contributed by atoms with E-state index in [2.05, 4.69) is 9.47 Å². The second kappa shape index (κ2) is 2.37. The number of rotatable bonds is 0. The number of ether oxygens (including phenoxy) is 2. The zero-order valence-electron chi connectivity index (χ0n) is 5.89. The predicted molar refractivity (Wildman–Crippen MR) is 30.8 cm³/mol. The van der Waals surface area contributed by atoms with Crippen LogP contribution in [0.25, 0.3) is 0 Å². The van der Waals surface area contributed by atoms with Gasteiger partial charge in [0, 0.05) is 0 Å². The normalized spacial score (nSPS) is 35.2. The Morgan fingerprint density at radius 2 is 1.82 bits per heavy atom. The van der Waals surface area contributed by atoms with Gasteiger partial charge in [-0.25, -0.2) is 0 Å². The first-order chi connectivity index (χ1) is 4.83. The average Bonchev–Trinajstić information content (AvgIpc) is 1.81. The Bertz CT molecular complexity index is 153. The van der Waals surface area contributed by atoms with Crippen molar-refractivity contribution in [3.05, 3.63) is 0 Å². The summed E-state index contributed by atoms with van der Waals surface area (Å²) in [5, 5.41) is 35.2. The summed E-state index contributed by atoms with van der Waals surface area (Å²) in [5.41, 5.74) is 0. The third-order valence-electron chi connectivity index (χ3n) is 1.37. The molecule has 11 heavy (non-hydrogen) atoms. The molecule has 0 aromatic carbocycles. The van der Waals surface area contributed by atoms with Gasteiger partial charge in [0.1, 0.15) is 12.7 Å². The van der Waals surface area contributed by atoms with Crippen molar-refractivity contribution < 1.29 is 29.9 Å². The Kier molecular flexibility index (Phi) is 1.91. The molecule has 66 valence electrons. The minimum absolute atomic E-state index is 0.704. The van der Waals surface area contributed by atoms with Gasteiger partial charge in [-0.15, -0.1) is 0 Å². The monoisotopic (exact) mass is 166 g/mol. The van der Waals surface area contributed by atoms with E-state index in [4.69, 9.17) is 20.4 Å². The first-order valence-electron chi connectivity index (χ1n) is 3.05. The smallest absolute Gasteiger partial charge is 0.306 e. The third-order valence-corrected chi connectivity index (χ3v) is 1.37. The van der Waals surface area contributed by atoms with E-state index in [-0.39, 0.29) is 0 Å². The van der Waals surface area contributed by atoms with Gasteiger partial charge in [-0.05, 0) is 6.92 Å². The van der Waals surface area contributed by atoms with Crippen LogP contribution in [-0.4, -0.2) is 45.1 Å². The lowest BCUT2D eigenvalue weighted by Crippen LogP contribution is -2.58. The Morgan fingerprint density at radius 1 is 1.27 bits per heavy atom. The van der Waals surface area contributed by atoms with Crippen LogP contribution >= 0.6 is 0 Å². The molecule has 0 aromatic rings. The molecule has 1 heterocycles. The van der Waals surface area contributed by atoms with Crippen molar-refractivity contribution in [3.8, 4) is 0 Å². The van der Waals surface area contributed by atoms with Crippen LogP contribution in [0.1, 0.15) is 6.92 Å². The molecule has 1 saturated heterocycles. The summed E-state index contributed by atoms with van der Waals surface area (Å²) in [5.74, 6) is -4.89. The predicted octanol–water partition coefficient (Wildman–Crippen LogP) is -2.30. The van der Waals surface area contributed by atoms with E-state index < -0.39 is 24.7 Å². The fourth-order valence-electron chi connectivity index (χ4n) is 0.711. The van der Waals surface area contributed by atoms with Crippen LogP contribution in [0.15, 0.2) is 0 Å². The van der Waals surface area contributed by atoms with Gasteiger partial charge in [0.2, 0.25) is 0 Å². The van der Waals surface area contributed by atoms with Gasteiger partial charge < -0.3 is 29.9 Å². The summed E-state index contributed by atoms with van der Waals surface area (Å²) in [6.45, 7) is 0.532. The van der Waals surface area contributed by atoms with E-state index in [0.29, 0.717) is 0 Å². The topological polar surface area (TPSA) is 99.4 Å². The molecule has 0 bridgehead atoms. The molecule has 6 heteroatoms. The van der Waals surface area contributed by atoms with Gasteiger partial charge in [-0.1, -0.05) is 0 Å². The lowest BCUT2D eigenvalue weighted by Gasteiger charge is -2.38. The zero-order valence-corrected chi connectivity index (χ0v) is 5.89. The molecule has 0 saturated carbocycles. The van der Waals surface area contributed by atoms with Crippen LogP contribution in [0.2, 0.25) is 0 Å². The molecule has 1 aliphatic rings. The lowest BCUT2D eigenvalue weighted by atomic mass is 10.3. The fraction of sp³-hybridized carbons (Fsp3) is 1.00. The van der Waals surface area contributed by atoms with E-state index in [1.54, 1.807) is 0 Å². The lowest BCUT2D eigenvalue weighted by molar-refractivity contribution is -0.500. The highest BCUT2D eigenvalue weighted by Crippen LogP contribution is 2.23. The highest BCUT2D eigenvalue weighted by molar-refractivity contribution is 4.70. The molecule has 1 rings (SSSR count). The Hall–Kier alpha value is -0.240. The minimum Gasteiger partial charge on any atom is -0.342 e. The summed E-state index contributed by atoms with van der Waals surface area (Å²) < 4.78 is 8.65. The van der Waals surface area contributed by atoms with Gasteiger partial charge in [0.15, 0.2) is 0 Å². The summed E-state index contributed by atoms with van der Waals surface area (Å²) in [7, 11) is 0. The molecule has 1 fully saturated rings. The molecule has 1 aliphatic heterocycles. The maximum absolute atomic E-state index is 8.86. The van der Waals surface area contributed by atoms with E-state index in [1.165, 1.54) is 6.92 Å². The maximum Gasteiger partial charge on any atom is 0.306 e. The summed E-state index contributed by atoms with van der Waals surface area (Å²) in [4.78, 5) is 0. The molecular formula is C5H10O6. The molecule has 0 amide bonds. The summed E-state index contributed by atoms with van der Waals surface area (Å²) in [6, 6.07) is 0. The van der Waals surface area contributed by atoms with Crippen LogP contribution in [0.5, 0.6) is 0 Å². The second-order valence-corrected chi connectivity index (χ2v) is 2.45. The van der Waals surface area contributed by atoms with E-state index in [0.717, 1.165) is 0 Å². The summed E-state index contributed by atoms with van der Waals surface area (Å²) >= 11 is 0. The van der Waals surface area contributed by atoms with Crippen LogP contribution in [0, 0.1) is 0 Å². The van der Waals surface area contributed by atoms with Gasteiger partial charge in [0.25, 0.3) is 0 Å². The zero-order chi connectivity index (χ0) is 8.70. The van der Waals surface area contributed by atoms with Crippen molar-refractivity contribution in [2.75, 3.05) is 6.61 Å². The molecule has 0 radical (unpaired) electrons. The molecule has 0 aromatic heterocycles. The van der Waals surface area contributed by atoms with Gasteiger partial charge in [-0.3, -0.25) is 0 Å². The van der Waals surface area contributed by atoms with Crippen molar-refractivity contribution in [1.29, 1.82) is 0 Å². The summed E-state index contributed by atoms with van der Waals surface area (Å²) in [6.07, 6.45) is -1.22. The Balaban J connectivity index is 2.63. The van der Waals surface area contributed by atoms with E-state index in [1.807, 2.05) is 0 Å². The van der Waals surface area contributed by atoms with Gasteiger partial charge in [0.05, 0.1) is 0 Å². The van der Waals surface area contributed by atoms with Gasteiger partial charge >= 0.3 is 11.9 Å². The fourth-order valence-corrected chi connectivity index (χ4v) is 0.711. The first kappa shape index (κ1) is 8.85. The molecule has 6 nitrogen and oxygen atoms in total. The van der Waals surface area contributed by atoms with Crippen LogP contribution in [0.4, 0.5) is 0 Å². The highest BCUT2D eigenvalue weighted by Gasteiger charge is 2.46. The van der Waals surface area contributed by atoms with Crippen molar-refractivity contribution in [2.45, 2.75) is 25.0 Å². The molecule has 0 aliphatic carbocycles. The number of hydrogen-bond acceptors (Lipinski definition) is 6. The largest absolute Gasteiger partial charge is 0.342 e. The number of aliphatic hydroxyl groups is 4. The molecule has 1 atom stereocenters. The molecule has 1 unspecified atom stereocenters. The SMILES string of the molecule is CC1OC(O)(O)COC1(O)O. The second-order valence-electron chi connectivity index (χ2n) is 2.45. The van der Waals surface area contributed by atoms with Crippen molar-refractivity contribution in [1.82, 2.24) is 0 Å². The van der Waals surface area contributed by atoms with Crippen LogP contribution < -0.4 is 0 Å². The van der Waals surface area contributed by atoms with Crippen molar-refractivity contribution in [3.63, 3.8) is 0 Å². The Morgan fingerprint density at radius 3 is 2.18 bits per heavy atom. The Labute approximate surface area is 62.6 Å². The molecule has 0 spiro atoms. The van der Waals surface area contributed by atoms with Crippen molar-refractivity contribution in [2.24, 2.45) is 0 Å².